The van der Waals surface area contributed by atoms with Crippen LogP contribution in [-0.4, -0.2) is 34.5 Å². The van der Waals surface area contributed by atoms with Crippen LogP contribution in [0.2, 0.25) is 0 Å². The molecule has 0 aromatic heterocycles. The van der Waals surface area contributed by atoms with Gasteiger partial charge in [-0.15, -0.1) is 0 Å². The highest BCUT2D eigenvalue weighted by Crippen LogP contribution is 2.58. The molecule has 1 amide bonds. The summed E-state index contributed by atoms with van der Waals surface area (Å²) in [6, 6.07) is 27.4. The van der Waals surface area contributed by atoms with E-state index in [0.29, 0.717) is 16.8 Å². The molecule has 3 aliphatic heterocycles. The third-order valence-corrected chi connectivity index (χ3v) is 8.83. The molecular formula is C34H25N3O5. The number of fused-ring (bicyclic) bond motifs is 6. The van der Waals surface area contributed by atoms with Gasteiger partial charge in [0.2, 0.25) is 5.91 Å². The number of nitro benzene ring substituents is 1. The van der Waals surface area contributed by atoms with Gasteiger partial charge in [0.15, 0.2) is 11.6 Å². The third-order valence-electron chi connectivity index (χ3n) is 8.83. The first-order valence-electron chi connectivity index (χ1n) is 13.7. The Kier molecular flexibility index (Phi) is 5.69. The predicted molar refractivity (Wildman–Crippen MR) is 159 cm³/mol. The van der Waals surface area contributed by atoms with Crippen LogP contribution in [-0.2, 0) is 10.2 Å². The van der Waals surface area contributed by atoms with Gasteiger partial charge in [0.05, 0.1) is 16.9 Å². The van der Waals surface area contributed by atoms with Crippen LogP contribution in [0, 0.1) is 16.0 Å². The van der Waals surface area contributed by atoms with Gasteiger partial charge >= 0.3 is 0 Å². The van der Waals surface area contributed by atoms with Crippen LogP contribution >= 0.6 is 0 Å². The summed E-state index contributed by atoms with van der Waals surface area (Å²) in [4.78, 5) is 56.9. The molecule has 1 N–H and O–H groups in total. The third kappa shape index (κ3) is 3.44. The van der Waals surface area contributed by atoms with Gasteiger partial charge in [-0.1, -0.05) is 84.9 Å². The fourth-order valence-corrected chi connectivity index (χ4v) is 7.11. The lowest BCUT2D eigenvalue weighted by Crippen LogP contribution is -2.51. The molecule has 3 heterocycles. The van der Waals surface area contributed by atoms with E-state index in [1.165, 1.54) is 24.3 Å². The smallest absolute Gasteiger partial charge is 0.270 e. The second kappa shape index (κ2) is 9.34. The molecule has 0 bridgehead atoms. The highest BCUT2D eigenvalue weighted by Gasteiger charge is 2.70. The zero-order chi connectivity index (χ0) is 29.2. The standard InChI is InChI=1S/C34H25N3O5/c1-20-18-28-34(25-15-6-7-16-26(25)35-33(34)40)29(31(38)22-12-9-13-23(19-22)37(41)42)30(32(39)21-10-3-2-4-11-21)36(28)27-17-8-5-14-24(20)27/h2-19,28-30H,1H3,(H,35,40)/t28-,29+,30-,34-/m0/s1. The van der Waals surface area contributed by atoms with Crippen molar-refractivity contribution in [2.45, 2.75) is 24.4 Å². The number of amides is 1. The monoisotopic (exact) mass is 555 g/mol. The van der Waals surface area contributed by atoms with Crippen molar-refractivity contribution < 1.29 is 19.3 Å². The molecule has 4 atom stereocenters. The molecule has 1 saturated heterocycles. The highest BCUT2D eigenvalue weighted by molar-refractivity contribution is 6.18. The molecule has 206 valence electrons. The Morgan fingerprint density at radius 3 is 2.33 bits per heavy atom. The Morgan fingerprint density at radius 1 is 0.857 bits per heavy atom. The minimum Gasteiger partial charge on any atom is -0.352 e. The summed E-state index contributed by atoms with van der Waals surface area (Å²) >= 11 is 0. The molecule has 0 radical (unpaired) electrons. The number of anilines is 2. The van der Waals surface area contributed by atoms with Crippen molar-refractivity contribution in [1.29, 1.82) is 0 Å². The van der Waals surface area contributed by atoms with Crippen molar-refractivity contribution in [2.24, 2.45) is 5.92 Å². The Hall–Kier alpha value is -5.37. The quantitative estimate of drug-likeness (QED) is 0.188. The van der Waals surface area contributed by atoms with Gasteiger partial charge in [0.25, 0.3) is 5.69 Å². The first-order chi connectivity index (χ1) is 20.3. The minimum absolute atomic E-state index is 0.0745. The Balaban J connectivity index is 1.55. The van der Waals surface area contributed by atoms with Gasteiger partial charge in [0.1, 0.15) is 11.5 Å². The first kappa shape index (κ1) is 25.6. The summed E-state index contributed by atoms with van der Waals surface area (Å²) in [6.07, 6.45) is 1.98. The maximum Gasteiger partial charge on any atom is 0.270 e. The van der Waals surface area contributed by atoms with E-state index in [0.717, 1.165) is 16.8 Å². The molecule has 0 aliphatic carbocycles. The van der Waals surface area contributed by atoms with Crippen molar-refractivity contribution in [2.75, 3.05) is 10.2 Å². The molecule has 0 unspecified atom stereocenters. The van der Waals surface area contributed by atoms with Gasteiger partial charge < -0.3 is 10.2 Å². The zero-order valence-electron chi connectivity index (χ0n) is 22.6. The van der Waals surface area contributed by atoms with E-state index < -0.39 is 34.1 Å². The van der Waals surface area contributed by atoms with Crippen LogP contribution in [0.3, 0.4) is 0 Å². The summed E-state index contributed by atoms with van der Waals surface area (Å²) in [5, 5.41) is 14.7. The number of allylic oxidation sites excluding steroid dienone is 1. The zero-order valence-corrected chi connectivity index (χ0v) is 22.6. The molecule has 1 spiro atoms. The number of hydrogen-bond donors (Lipinski definition) is 1. The number of carbonyl (C=O) groups excluding carboxylic acids is 3. The SMILES string of the molecule is CC1=C[C@@H]2N(c3ccccc31)[C@H](C(=O)c1ccccc1)[C@H](C(=O)c1cccc([N+](=O)[O-])c1)[C@@]21C(=O)Nc2ccccc21. The predicted octanol–water partition coefficient (Wildman–Crippen LogP) is 5.84. The number of nitro groups is 1. The van der Waals surface area contributed by atoms with Gasteiger partial charge in [-0.3, -0.25) is 24.5 Å². The fraction of sp³-hybridized carbons (Fsp3) is 0.147. The van der Waals surface area contributed by atoms with E-state index in [1.54, 1.807) is 30.3 Å². The van der Waals surface area contributed by atoms with Crippen molar-refractivity contribution in [3.05, 3.63) is 142 Å². The van der Waals surface area contributed by atoms with Gasteiger partial charge in [-0.25, -0.2) is 0 Å². The Morgan fingerprint density at radius 2 is 1.55 bits per heavy atom. The average Bonchev–Trinajstić information content (AvgIpc) is 3.49. The molecule has 3 aliphatic rings. The van der Waals surface area contributed by atoms with Crippen molar-refractivity contribution in [3.8, 4) is 0 Å². The number of carbonyl (C=O) groups is 3. The molecule has 0 saturated carbocycles. The number of hydrogen-bond acceptors (Lipinski definition) is 6. The summed E-state index contributed by atoms with van der Waals surface area (Å²) in [5.41, 5.74) is 2.55. The summed E-state index contributed by atoms with van der Waals surface area (Å²) < 4.78 is 0. The molecule has 4 aromatic carbocycles. The molecule has 8 heteroatoms. The number of benzene rings is 4. The van der Waals surface area contributed by atoms with E-state index in [1.807, 2.05) is 66.4 Å². The second-order valence-corrected chi connectivity index (χ2v) is 10.9. The average molecular weight is 556 g/mol. The molecule has 42 heavy (non-hydrogen) atoms. The van der Waals surface area contributed by atoms with E-state index in [4.69, 9.17) is 0 Å². The van der Waals surface area contributed by atoms with Crippen LogP contribution in [0.15, 0.2) is 109 Å². The first-order valence-corrected chi connectivity index (χ1v) is 13.7. The summed E-state index contributed by atoms with van der Waals surface area (Å²) in [6.45, 7) is 1.96. The lowest BCUT2D eigenvalue weighted by atomic mass is 9.64. The maximum atomic E-state index is 14.8. The summed E-state index contributed by atoms with van der Waals surface area (Å²) in [5.74, 6) is -2.38. The molecule has 4 aromatic rings. The molecule has 1 fully saturated rings. The fourth-order valence-electron chi connectivity index (χ4n) is 7.11. The molecular weight excluding hydrogens is 530 g/mol. The number of para-hydroxylation sites is 2. The van der Waals surface area contributed by atoms with Crippen molar-refractivity contribution in [1.82, 2.24) is 0 Å². The Bertz CT molecular complexity index is 1850. The normalized spacial score (nSPS) is 23.5. The number of Topliss-reactive ketones (excluding diaryl/α,β-unsaturated/α-hetero) is 2. The van der Waals surface area contributed by atoms with Gasteiger partial charge in [0, 0.05) is 40.2 Å². The van der Waals surface area contributed by atoms with Crippen LogP contribution < -0.4 is 10.2 Å². The number of rotatable bonds is 5. The van der Waals surface area contributed by atoms with Crippen LogP contribution in [0.1, 0.15) is 38.8 Å². The van der Waals surface area contributed by atoms with E-state index in [-0.39, 0.29) is 22.9 Å². The van der Waals surface area contributed by atoms with Crippen LogP contribution in [0.4, 0.5) is 17.1 Å². The van der Waals surface area contributed by atoms with Gasteiger partial charge in [-0.05, 0) is 30.2 Å². The second-order valence-electron chi connectivity index (χ2n) is 10.9. The maximum absolute atomic E-state index is 14.8. The van der Waals surface area contributed by atoms with E-state index >= 15 is 0 Å². The molecule has 7 rings (SSSR count). The summed E-state index contributed by atoms with van der Waals surface area (Å²) in [7, 11) is 0. The number of ketones is 2. The number of non-ortho nitro benzene ring substituents is 1. The number of nitrogens with zero attached hydrogens (tertiary/aromatic N) is 2. The van der Waals surface area contributed by atoms with Crippen molar-refractivity contribution in [3.63, 3.8) is 0 Å². The number of nitrogens with one attached hydrogen (secondary N) is 1. The van der Waals surface area contributed by atoms with E-state index in [9.17, 15) is 24.5 Å². The topological polar surface area (TPSA) is 110 Å². The lowest BCUT2D eigenvalue weighted by Gasteiger charge is -2.39. The van der Waals surface area contributed by atoms with Crippen LogP contribution in [0.25, 0.3) is 5.57 Å². The largest absolute Gasteiger partial charge is 0.352 e. The van der Waals surface area contributed by atoms with Gasteiger partial charge in [-0.2, -0.15) is 0 Å². The minimum atomic E-state index is -1.48. The lowest BCUT2D eigenvalue weighted by molar-refractivity contribution is -0.384. The van der Waals surface area contributed by atoms with E-state index in [2.05, 4.69) is 5.32 Å². The van der Waals surface area contributed by atoms with Crippen LogP contribution in [0.5, 0.6) is 0 Å². The Labute approximate surface area is 241 Å². The highest BCUT2D eigenvalue weighted by atomic mass is 16.6. The van der Waals surface area contributed by atoms with Crippen molar-refractivity contribution >= 4 is 40.1 Å². The molecule has 8 nitrogen and oxygen atoms in total.